The van der Waals surface area contributed by atoms with E-state index >= 15 is 0 Å². The van der Waals surface area contributed by atoms with E-state index < -0.39 is 17.9 Å². The van der Waals surface area contributed by atoms with Gasteiger partial charge in [-0.25, -0.2) is 9.78 Å². The second kappa shape index (κ2) is 8.10. The predicted octanol–water partition coefficient (Wildman–Crippen LogP) is 1.45. The highest BCUT2D eigenvalue weighted by molar-refractivity contribution is 5.85. The van der Waals surface area contributed by atoms with Gasteiger partial charge in [0.2, 0.25) is 5.91 Å². The first-order valence-corrected chi connectivity index (χ1v) is 9.63. The van der Waals surface area contributed by atoms with Crippen molar-refractivity contribution < 1.29 is 24.2 Å². The molecular weight excluding hydrogens is 402 g/mol. The van der Waals surface area contributed by atoms with E-state index in [9.17, 15) is 19.5 Å². The molecule has 0 radical (unpaired) electrons. The van der Waals surface area contributed by atoms with Crippen LogP contribution in [0.4, 0.5) is 0 Å². The Morgan fingerprint density at radius 3 is 2.48 bits per heavy atom. The van der Waals surface area contributed by atoms with Crippen molar-refractivity contribution in [3.05, 3.63) is 64.2 Å². The Labute approximate surface area is 177 Å². The molecule has 9 heteroatoms. The highest BCUT2D eigenvalue weighted by Crippen LogP contribution is 2.34. The Hall–Kier alpha value is -3.88. The third-order valence-electron chi connectivity index (χ3n) is 5.48. The van der Waals surface area contributed by atoms with Gasteiger partial charge in [-0.2, -0.15) is 0 Å². The molecule has 3 aromatic rings. The van der Waals surface area contributed by atoms with Crippen LogP contribution in [0.2, 0.25) is 0 Å². The molecule has 2 heterocycles. The maximum Gasteiger partial charge on any atom is 0.326 e. The smallest absolute Gasteiger partial charge is 0.326 e. The van der Waals surface area contributed by atoms with E-state index in [0.717, 1.165) is 11.1 Å². The van der Waals surface area contributed by atoms with Crippen molar-refractivity contribution >= 4 is 22.8 Å². The van der Waals surface area contributed by atoms with Crippen molar-refractivity contribution in [3.8, 4) is 11.5 Å². The summed E-state index contributed by atoms with van der Waals surface area (Å²) in [6, 6.07) is 9.29. The summed E-state index contributed by atoms with van der Waals surface area (Å²) in [6.45, 7) is -0.218. The normalized spacial score (nSPS) is 15.4. The highest BCUT2D eigenvalue weighted by atomic mass is 16.5. The molecule has 1 aliphatic rings. The fraction of sp³-hybridized carbons (Fsp3) is 0.273. The summed E-state index contributed by atoms with van der Waals surface area (Å²) < 4.78 is 11.8. The minimum atomic E-state index is -1.11. The van der Waals surface area contributed by atoms with Crippen molar-refractivity contribution in [2.45, 2.75) is 25.6 Å². The molecule has 1 amide bonds. The van der Waals surface area contributed by atoms with Crippen molar-refractivity contribution in [1.82, 2.24) is 14.5 Å². The number of aromatic nitrogens is 2. The molecule has 160 valence electrons. The summed E-state index contributed by atoms with van der Waals surface area (Å²) in [6.07, 6.45) is 1.44. The molecule has 1 atom stereocenters. The predicted molar refractivity (Wildman–Crippen MR) is 111 cm³/mol. The van der Waals surface area contributed by atoms with Gasteiger partial charge in [0.05, 0.1) is 31.4 Å². The summed E-state index contributed by atoms with van der Waals surface area (Å²) in [5.41, 5.74) is 1.73. The molecular formula is C22H21N3O6. The van der Waals surface area contributed by atoms with E-state index in [1.807, 2.05) is 0 Å². The van der Waals surface area contributed by atoms with Crippen LogP contribution >= 0.6 is 0 Å². The van der Waals surface area contributed by atoms with Gasteiger partial charge < -0.3 is 19.5 Å². The number of para-hydroxylation sites is 1. The van der Waals surface area contributed by atoms with Crippen LogP contribution in [0.5, 0.6) is 11.5 Å². The second-order valence-corrected chi connectivity index (χ2v) is 7.25. The topological polar surface area (TPSA) is 111 Å². The molecule has 0 bridgehead atoms. The number of carbonyl (C=O) groups is 2. The fourth-order valence-corrected chi connectivity index (χ4v) is 3.85. The SMILES string of the molecule is COc1cc2c(cc1OC)CN(C(=O)Cn1cnc3ccccc3c1=O)[C@@H](C(=O)O)C2. The lowest BCUT2D eigenvalue weighted by atomic mass is 9.93. The maximum atomic E-state index is 13.1. The minimum absolute atomic E-state index is 0.0846. The van der Waals surface area contributed by atoms with Gasteiger partial charge in [0.1, 0.15) is 12.6 Å². The first kappa shape index (κ1) is 20.4. The van der Waals surface area contributed by atoms with Gasteiger partial charge in [-0.05, 0) is 35.4 Å². The summed E-state index contributed by atoms with van der Waals surface area (Å²) in [4.78, 5) is 43.2. The molecule has 4 rings (SSSR count). The zero-order chi connectivity index (χ0) is 22.1. The zero-order valence-electron chi connectivity index (χ0n) is 17.1. The maximum absolute atomic E-state index is 13.1. The van der Waals surface area contributed by atoms with Crippen LogP contribution in [-0.2, 0) is 29.1 Å². The summed E-state index contributed by atoms with van der Waals surface area (Å²) in [5.74, 6) is -0.596. The lowest BCUT2D eigenvalue weighted by Crippen LogP contribution is -2.50. The molecule has 0 saturated heterocycles. The Morgan fingerprint density at radius 2 is 1.81 bits per heavy atom. The number of ether oxygens (including phenoxy) is 2. The molecule has 0 spiro atoms. The van der Waals surface area contributed by atoms with E-state index in [1.54, 1.807) is 36.4 Å². The van der Waals surface area contributed by atoms with Gasteiger partial charge in [-0.1, -0.05) is 12.1 Å². The number of benzene rings is 2. The van der Waals surface area contributed by atoms with Crippen LogP contribution in [0.15, 0.2) is 47.5 Å². The third-order valence-corrected chi connectivity index (χ3v) is 5.48. The Kier molecular flexibility index (Phi) is 5.33. The summed E-state index contributed by atoms with van der Waals surface area (Å²) >= 11 is 0. The van der Waals surface area contributed by atoms with Crippen molar-refractivity contribution in [2.75, 3.05) is 14.2 Å². The van der Waals surface area contributed by atoms with E-state index in [0.29, 0.717) is 22.4 Å². The van der Waals surface area contributed by atoms with Gasteiger partial charge in [-0.3, -0.25) is 14.2 Å². The third kappa shape index (κ3) is 3.70. The van der Waals surface area contributed by atoms with Gasteiger partial charge in [0.15, 0.2) is 11.5 Å². The molecule has 0 saturated carbocycles. The number of fused-ring (bicyclic) bond motifs is 2. The quantitative estimate of drug-likeness (QED) is 0.661. The lowest BCUT2D eigenvalue weighted by Gasteiger charge is -2.35. The van der Waals surface area contributed by atoms with Crippen LogP contribution in [0.1, 0.15) is 11.1 Å². The number of hydrogen-bond donors (Lipinski definition) is 1. The van der Waals surface area contributed by atoms with Gasteiger partial charge >= 0.3 is 5.97 Å². The van der Waals surface area contributed by atoms with Crippen molar-refractivity contribution in [2.24, 2.45) is 0 Å². The molecule has 1 N–H and O–H groups in total. The largest absolute Gasteiger partial charge is 0.493 e. The van der Waals surface area contributed by atoms with E-state index in [-0.39, 0.29) is 25.1 Å². The monoisotopic (exact) mass is 423 g/mol. The van der Waals surface area contributed by atoms with Crippen LogP contribution in [0, 0.1) is 0 Å². The Bertz CT molecular complexity index is 1240. The Morgan fingerprint density at radius 1 is 1.13 bits per heavy atom. The number of carbonyl (C=O) groups excluding carboxylic acids is 1. The van der Waals surface area contributed by atoms with E-state index in [1.165, 1.54) is 30.0 Å². The summed E-state index contributed by atoms with van der Waals surface area (Å²) in [5, 5.41) is 10.1. The van der Waals surface area contributed by atoms with Crippen LogP contribution < -0.4 is 15.0 Å². The standard InChI is InChI=1S/C22H21N3O6/c1-30-18-8-13-7-17(22(28)29)25(10-14(13)9-19(18)31-2)20(26)11-24-12-23-16-6-4-3-5-15(16)21(24)27/h3-6,8-9,12,17H,7,10-11H2,1-2H3,(H,28,29)/t17-/m1/s1. The number of methoxy groups -OCH3 is 2. The lowest BCUT2D eigenvalue weighted by molar-refractivity contribution is -0.151. The molecule has 0 fully saturated rings. The number of aliphatic carboxylic acids is 1. The van der Waals surface area contributed by atoms with Gasteiger partial charge in [0, 0.05) is 13.0 Å². The van der Waals surface area contributed by atoms with Gasteiger partial charge in [0.25, 0.3) is 5.56 Å². The van der Waals surface area contributed by atoms with Crippen LogP contribution in [0.25, 0.3) is 10.9 Å². The summed E-state index contributed by atoms with van der Waals surface area (Å²) in [7, 11) is 3.02. The van der Waals surface area contributed by atoms with Crippen LogP contribution in [0.3, 0.4) is 0 Å². The molecule has 9 nitrogen and oxygen atoms in total. The average molecular weight is 423 g/mol. The number of nitrogens with zero attached hydrogens (tertiary/aromatic N) is 3. The first-order valence-electron chi connectivity index (χ1n) is 9.63. The average Bonchev–Trinajstić information content (AvgIpc) is 2.79. The zero-order valence-corrected chi connectivity index (χ0v) is 17.1. The molecule has 0 aliphatic carbocycles. The number of rotatable bonds is 5. The van der Waals surface area contributed by atoms with E-state index in [4.69, 9.17) is 9.47 Å². The first-order chi connectivity index (χ1) is 14.9. The second-order valence-electron chi connectivity index (χ2n) is 7.25. The van der Waals surface area contributed by atoms with E-state index in [2.05, 4.69) is 4.98 Å². The number of carboxylic acids is 1. The van der Waals surface area contributed by atoms with Crippen LogP contribution in [-0.4, -0.2) is 51.7 Å². The Balaban J connectivity index is 1.66. The van der Waals surface area contributed by atoms with Gasteiger partial charge in [-0.15, -0.1) is 0 Å². The molecule has 1 aliphatic heterocycles. The molecule has 0 unspecified atom stereocenters. The molecule has 31 heavy (non-hydrogen) atoms. The molecule has 1 aromatic heterocycles. The molecule has 2 aromatic carbocycles. The van der Waals surface area contributed by atoms with Crippen molar-refractivity contribution in [1.29, 1.82) is 0 Å². The highest BCUT2D eigenvalue weighted by Gasteiger charge is 2.35. The number of carboxylic acid groups (broad SMARTS) is 1. The number of amides is 1. The fourth-order valence-electron chi connectivity index (χ4n) is 3.85. The van der Waals surface area contributed by atoms with Crippen molar-refractivity contribution in [3.63, 3.8) is 0 Å². The number of hydrogen-bond acceptors (Lipinski definition) is 6. The minimum Gasteiger partial charge on any atom is -0.493 e.